The Morgan fingerprint density at radius 2 is 2.23 bits per heavy atom. The second-order valence-electron chi connectivity index (χ2n) is 6.16. The first-order chi connectivity index (χ1) is 10.6. The predicted octanol–water partition coefficient (Wildman–Crippen LogP) is 2.72. The highest BCUT2D eigenvalue weighted by molar-refractivity contribution is 7.10. The van der Waals surface area contributed by atoms with Gasteiger partial charge in [0.15, 0.2) is 6.54 Å². The smallest absolute Gasteiger partial charge is 0.279 e. The molecule has 0 radical (unpaired) electrons. The van der Waals surface area contributed by atoms with Crippen LogP contribution in [0.2, 0.25) is 0 Å². The van der Waals surface area contributed by atoms with Crippen LogP contribution in [0.5, 0.6) is 0 Å². The second-order valence-corrected chi connectivity index (χ2v) is 7.14. The molecule has 3 rings (SSSR count). The number of amides is 1. The third-order valence-electron chi connectivity index (χ3n) is 4.41. The Morgan fingerprint density at radius 3 is 2.95 bits per heavy atom. The molecule has 2 aromatic rings. The quantitative estimate of drug-likeness (QED) is 0.894. The van der Waals surface area contributed by atoms with E-state index >= 15 is 0 Å². The topological polar surface area (TPSA) is 33.5 Å². The standard InChI is InChI=1S/C18H22N2OS/c1-13-7-8-15(14(2)11-13)19-18(21)12-20-9-3-5-16(20)17-6-4-10-22-17/h4,6-8,10-11,16H,3,5,9,12H2,1-2H3,(H,19,21)/p+1/t16-/m1/s1. The normalized spacial score (nSPS) is 21.0. The molecular weight excluding hydrogens is 292 g/mol. The third-order valence-corrected chi connectivity index (χ3v) is 5.40. The van der Waals surface area contributed by atoms with E-state index in [9.17, 15) is 4.79 Å². The molecule has 1 saturated heterocycles. The van der Waals surface area contributed by atoms with Gasteiger partial charge in [0.1, 0.15) is 6.04 Å². The third kappa shape index (κ3) is 3.39. The summed E-state index contributed by atoms with van der Waals surface area (Å²) in [6.45, 7) is 5.75. The van der Waals surface area contributed by atoms with Crippen LogP contribution in [-0.4, -0.2) is 19.0 Å². The molecule has 0 bridgehead atoms. The van der Waals surface area contributed by atoms with Crippen LogP contribution >= 0.6 is 11.3 Å². The zero-order chi connectivity index (χ0) is 15.5. The van der Waals surface area contributed by atoms with Crippen LogP contribution in [-0.2, 0) is 4.79 Å². The van der Waals surface area contributed by atoms with Crippen molar-refractivity contribution in [2.45, 2.75) is 32.7 Å². The number of hydrogen-bond acceptors (Lipinski definition) is 2. The lowest BCUT2D eigenvalue weighted by Gasteiger charge is -2.20. The largest absolute Gasteiger partial charge is 0.321 e. The van der Waals surface area contributed by atoms with E-state index in [1.807, 2.05) is 19.1 Å². The molecule has 1 aromatic carbocycles. The van der Waals surface area contributed by atoms with E-state index in [1.54, 1.807) is 11.3 Å². The Kier molecular flexibility index (Phi) is 4.60. The highest BCUT2D eigenvalue weighted by Gasteiger charge is 2.32. The van der Waals surface area contributed by atoms with E-state index in [0.717, 1.165) is 17.8 Å². The van der Waals surface area contributed by atoms with Crippen molar-refractivity contribution in [3.05, 3.63) is 51.7 Å². The SMILES string of the molecule is Cc1ccc(NC(=O)C[NH+]2CCC[C@@H]2c2cccs2)c(C)c1. The molecule has 0 aliphatic carbocycles. The summed E-state index contributed by atoms with van der Waals surface area (Å²) < 4.78 is 0. The molecule has 0 saturated carbocycles. The maximum atomic E-state index is 12.4. The molecule has 4 heteroatoms. The lowest BCUT2D eigenvalue weighted by Crippen LogP contribution is -3.11. The molecule has 22 heavy (non-hydrogen) atoms. The fraction of sp³-hybridized carbons (Fsp3) is 0.389. The van der Waals surface area contributed by atoms with Gasteiger partial charge in [0.2, 0.25) is 0 Å². The number of carbonyl (C=O) groups excluding carboxylic acids is 1. The summed E-state index contributed by atoms with van der Waals surface area (Å²) >= 11 is 1.81. The van der Waals surface area contributed by atoms with Gasteiger partial charge in [-0.1, -0.05) is 23.8 Å². The van der Waals surface area contributed by atoms with Gasteiger partial charge in [0.25, 0.3) is 5.91 Å². The van der Waals surface area contributed by atoms with Gasteiger partial charge < -0.3 is 10.2 Å². The molecule has 2 atom stereocenters. The number of benzene rings is 1. The van der Waals surface area contributed by atoms with Crippen molar-refractivity contribution >= 4 is 22.9 Å². The van der Waals surface area contributed by atoms with Crippen molar-refractivity contribution in [3.63, 3.8) is 0 Å². The molecule has 0 spiro atoms. The molecule has 1 fully saturated rings. The summed E-state index contributed by atoms with van der Waals surface area (Å²) in [6, 6.07) is 10.9. The first kappa shape index (κ1) is 15.3. The first-order valence-corrected chi connectivity index (χ1v) is 8.76. The Labute approximate surface area is 136 Å². The number of anilines is 1. The lowest BCUT2D eigenvalue weighted by atomic mass is 10.1. The zero-order valence-corrected chi connectivity index (χ0v) is 14.0. The van der Waals surface area contributed by atoms with Crippen molar-refractivity contribution < 1.29 is 9.69 Å². The molecule has 3 nitrogen and oxygen atoms in total. The van der Waals surface area contributed by atoms with Crippen LogP contribution in [0.4, 0.5) is 5.69 Å². The van der Waals surface area contributed by atoms with Gasteiger partial charge in [-0.3, -0.25) is 4.79 Å². The van der Waals surface area contributed by atoms with E-state index in [-0.39, 0.29) is 5.91 Å². The highest BCUT2D eigenvalue weighted by Crippen LogP contribution is 2.23. The molecule has 1 aromatic heterocycles. The van der Waals surface area contributed by atoms with Crippen LogP contribution in [0.1, 0.15) is 34.9 Å². The Morgan fingerprint density at radius 1 is 1.36 bits per heavy atom. The van der Waals surface area contributed by atoms with Gasteiger partial charge in [-0.2, -0.15) is 0 Å². The maximum Gasteiger partial charge on any atom is 0.279 e. The van der Waals surface area contributed by atoms with Gasteiger partial charge >= 0.3 is 0 Å². The minimum atomic E-state index is 0.116. The zero-order valence-electron chi connectivity index (χ0n) is 13.2. The number of likely N-dealkylation sites (tertiary alicyclic amines) is 1. The minimum absolute atomic E-state index is 0.116. The van der Waals surface area contributed by atoms with Crippen molar-refractivity contribution in [3.8, 4) is 0 Å². The monoisotopic (exact) mass is 315 g/mol. The molecule has 1 aliphatic heterocycles. The number of rotatable bonds is 4. The van der Waals surface area contributed by atoms with E-state index in [0.29, 0.717) is 12.6 Å². The summed E-state index contributed by atoms with van der Waals surface area (Å²) in [5, 5.41) is 5.20. The fourth-order valence-corrected chi connectivity index (χ4v) is 4.23. The molecule has 2 N–H and O–H groups in total. The number of hydrogen-bond donors (Lipinski definition) is 2. The summed E-state index contributed by atoms with van der Waals surface area (Å²) in [4.78, 5) is 15.2. The van der Waals surface area contributed by atoms with Crippen molar-refractivity contribution in [2.75, 3.05) is 18.4 Å². The molecule has 116 valence electrons. The number of carbonyl (C=O) groups is 1. The summed E-state index contributed by atoms with van der Waals surface area (Å²) in [6.07, 6.45) is 2.39. The average molecular weight is 315 g/mol. The van der Waals surface area contributed by atoms with E-state index in [1.165, 1.54) is 28.2 Å². The molecule has 2 heterocycles. The predicted molar refractivity (Wildman–Crippen MR) is 91.5 cm³/mol. The summed E-state index contributed by atoms with van der Waals surface area (Å²) in [5.74, 6) is 0.116. The van der Waals surface area contributed by atoms with Gasteiger partial charge in [0.05, 0.1) is 11.4 Å². The Bertz CT molecular complexity index is 651. The van der Waals surface area contributed by atoms with Crippen LogP contribution in [0.15, 0.2) is 35.7 Å². The van der Waals surface area contributed by atoms with Gasteiger partial charge in [-0.25, -0.2) is 0 Å². The molecular formula is C18H23N2OS+. The summed E-state index contributed by atoms with van der Waals surface area (Å²) in [7, 11) is 0. The van der Waals surface area contributed by atoms with Crippen LogP contribution in [0.25, 0.3) is 0 Å². The maximum absolute atomic E-state index is 12.4. The highest BCUT2D eigenvalue weighted by atomic mass is 32.1. The van der Waals surface area contributed by atoms with Gasteiger partial charge in [0, 0.05) is 18.5 Å². The average Bonchev–Trinajstić information content (AvgIpc) is 3.12. The van der Waals surface area contributed by atoms with Crippen molar-refractivity contribution in [1.82, 2.24) is 0 Å². The molecule has 1 unspecified atom stereocenters. The molecule has 1 amide bonds. The van der Waals surface area contributed by atoms with E-state index in [2.05, 4.69) is 35.8 Å². The Balaban J connectivity index is 1.64. The lowest BCUT2D eigenvalue weighted by molar-refractivity contribution is -0.910. The Hall–Kier alpha value is -1.65. The van der Waals surface area contributed by atoms with Crippen LogP contribution in [0, 0.1) is 13.8 Å². The van der Waals surface area contributed by atoms with Crippen molar-refractivity contribution in [1.29, 1.82) is 0 Å². The first-order valence-electron chi connectivity index (χ1n) is 7.88. The number of nitrogens with one attached hydrogen (secondary N) is 2. The number of aryl methyl sites for hydroxylation is 2. The fourth-order valence-electron chi connectivity index (χ4n) is 3.31. The van der Waals surface area contributed by atoms with Crippen LogP contribution in [0.3, 0.4) is 0 Å². The summed E-state index contributed by atoms with van der Waals surface area (Å²) in [5.41, 5.74) is 3.28. The number of thiophene rings is 1. The second kappa shape index (κ2) is 6.63. The van der Waals surface area contributed by atoms with E-state index in [4.69, 9.17) is 0 Å². The van der Waals surface area contributed by atoms with E-state index < -0.39 is 0 Å². The minimum Gasteiger partial charge on any atom is -0.321 e. The molecule has 1 aliphatic rings. The van der Waals surface area contributed by atoms with Gasteiger partial charge in [-0.05, 0) is 36.9 Å². The van der Waals surface area contributed by atoms with Crippen LogP contribution < -0.4 is 10.2 Å². The number of quaternary nitrogens is 1. The van der Waals surface area contributed by atoms with Gasteiger partial charge in [-0.15, -0.1) is 11.3 Å². The van der Waals surface area contributed by atoms with Crippen molar-refractivity contribution in [2.24, 2.45) is 0 Å².